The van der Waals surface area contributed by atoms with Gasteiger partial charge in [-0.2, -0.15) is 0 Å². The van der Waals surface area contributed by atoms with Crippen LogP contribution in [0.4, 0.5) is 11.4 Å². The number of hydrogen-bond donors (Lipinski definition) is 2. The number of hydrogen-bond acceptors (Lipinski definition) is 4. The minimum atomic E-state index is -0.206. The lowest BCUT2D eigenvalue weighted by molar-refractivity contribution is -0.118. The Labute approximate surface area is 128 Å². The molecule has 0 aliphatic rings. The number of nitrogen functional groups attached to an aromatic ring is 1. The number of rotatable bonds is 6. The van der Waals surface area contributed by atoms with Gasteiger partial charge in [0.15, 0.2) is 6.61 Å². The van der Waals surface area contributed by atoms with Crippen LogP contribution in [0.5, 0.6) is 5.75 Å². The normalized spacial score (nSPS) is 10.1. The third kappa shape index (κ3) is 4.43. The number of nitrogens with one attached hydrogen (secondary N) is 1. The molecule has 0 aliphatic heterocycles. The third-order valence-corrected chi connectivity index (χ3v) is 3.69. The summed E-state index contributed by atoms with van der Waals surface area (Å²) in [5, 5.41) is 2.86. The maximum atomic E-state index is 12.0. The highest BCUT2D eigenvalue weighted by atomic mass is 32.2. The number of amides is 1. The maximum Gasteiger partial charge on any atom is 0.262 e. The van der Waals surface area contributed by atoms with Gasteiger partial charge in [-0.3, -0.25) is 4.79 Å². The van der Waals surface area contributed by atoms with E-state index in [1.54, 1.807) is 23.9 Å². The van der Waals surface area contributed by atoms with E-state index in [4.69, 9.17) is 10.5 Å². The largest absolute Gasteiger partial charge is 0.482 e. The molecule has 0 spiro atoms. The zero-order chi connectivity index (χ0) is 15.1. The minimum absolute atomic E-state index is 0.0701. The maximum absolute atomic E-state index is 12.0. The smallest absolute Gasteiger partial charge is 0.262 e. The number of nitrogens with two attached hydrogens (primary N) is 1. The third-order valence-electron chi connectivity index (χ3n) is 2.74. The average molecular weight is 302 g/mol. The Morgan fingerprint density at radius 3 is 2.67 bits per heavy atom. The zero-order valence-electron chi connectivity index (χ0n) is 11.8. The number of thioether (sulfide) groups is 1. The highest BCUT2D eigenvalue weighted by molar-refractivity contribution is 7.99. The van der Waals surface area contributed by atoms with Gasteiger partial charge in [-0.1, -0.05) is 31.2 Å². The SMILES string of the molecule is CCSc1ccccc1NC(=O)COc1ccccc1N. The Hall–Kier alpha value is -2.14. The molecule has 0 fully saturated rings. The number of carbonyl (C=O) groups excluding carboxylic acids is 1. The Morgan fingerprint density at radius 1 is 1.19 bits per heavy atom. The molecule has 2 aromatic rings. The van der Waals surface area contributed by atoms with Crippen LogP contribution in [-0.4, -0.2) is 18.3 Å². The predicted octanol–water partition coefficient (Wildman–Crippen LogP) is 3.40. The van der Waals surface area contributed by atoms with Crippen molar-refractivity contribution in [2.24, 2.45) is 0 Å². The van der Waals surface area contributed by atoms with Crippen molar-refractivity contribution in [3.05, 3.63) is 48.5 Å². The van der Waals surface area contributed by atoms with Crippen molar-refractivity contribution in [3.8, 4) is 5.75 Å². The molecular formula is C16H18N2O2S. The molecule has 0 atom stereocenters. The number of anilines is 2. The predicted molar refractivity (Wildman–Crippen MR) is 87.8 cm³/mol. The first-order chi connectivity index (χ1) is 10.2. The highest BCUT2D eigenvalue weighted by Crippen LogP contribution is 2.26. The highest BCUT2D eigenvalue weighted by Gasteiger charge is 2.08. The van der Waals surface area contributed by atoms with Crippen molar-refractivity contribution in [2.45, 2.75) is 11.8 Å². The first-order valence-corrected chi connectivity index (χ1v) is 7.68. The zero-order valence-corrected chi connectivity index (χ0v) is 12.7. The van der Waals surface area contributed by atoms with E-state index in [0.717, 1.165) is 16.3 Å². The van der Waals surface area contributed by atoms with Crippen LogP contribution in [0.3, 0.4) is 0 Å². The summed E-state index contributed by atoms with van der Waals surface area (Å²) in [6.45, 7) is 2.00. The first-order valence-electron chi connectivity index (χ1n) is 6.69. The van der Waals surface area contributed by atoms with Crippen LogP contribution in [0.2, 0.25) is 0 Å². The van der Waals surface area contributed by atoms with E-state index in [0.29, 0.717) is 11.4 Å². The molecule has 4 nitrogen and oxygen atoms in total. The second kappa shape index (κ2) is 7.59. The number of ether oxygens (including phenoxy) is 1. The fraction of sp³-hybridized carbons (Fsp3) is 0.188. The fourth-order valence-electron chi connectivity index (χ4n) is 1.79. The standard InChI is InChI=1S/C16H18N2O2S/c1-2-21-15-10-6-4-8-13(15)18-16(19)11-20-14-9-5-3-7-12(14)17/h3-10H,2,11,17H2,1H3,(H,18,19). The molecule has 2 aromatic carbocycles. The van der Waals surface area contributed by atoms with Crippen molar-refractivity contribution in [3.63, 3.8) is 0 Å². The van der Waals surface area contributed by atoms with Crippen LogP contribution in [-0.2, 0) is 4.79 Å². The van der Waals surface area contributed by atoms with Crippen LogP contribution in [0.15, 0.2) is 53.4 Å². The average Bonchev–Trinajstić information content (AvgIpc) is 2.49. The van der Waals surface area contributed by atoms with Crippen LogP contribution < -0.4 is 15.8 Å². The van der Waals surface area contributed by atoms with Gasteiger partial charge in [-0.25, -0.2) is 0 Å². The number of benzene rings is 2. The lowest BCUT2D eigenvalue weighted by Crippen LogP contribution is -2.20. The van der Waals surface area contributed by atoms with Gasteiger partial charge in [0.05, 0.1) is 11.4 Å². The van der Waals surface area contributed by atoms with E-state index >= 15 is 0 Å². The molecule has 0 saturated heterocycles. The molecule has 0 bridgehead atoms. The van der Waals surface area contributed by atoms with E-state index in [-0.39, 0.29) is 12.5 Å². The van der Waals surface area contributed by atoms with Crippen LogP contribution in [0.1, 0.15) is 6.92 Å². The second-order valence-corrected chi connectivity index (χ2v) is 5.61. The molecule has 0 aromatic heterocycles. The van der Waals surface area contributed by atoms with Crippen molar-refractivity contribution in [2.75, 3.05) is 23.4 Å². The molecule has 0 aliphatic carbocycles. The molecule has 5 heteroatoms. The van der Waals surface area contributed by atoms with E-state index in [9.17, 15) is 4.79 Å². The van der Waals surface area contributed by atoms with Gasteiger partial charge in [-0.15, -0.1) is 11.8 Å². The summed E-state index contributed by atoms with van der Waals surface area (Å²) in [6.07, 6.45) is 0. The van der Waals surface area contributed by atoms with Crippen LogP contribution >= 0.6 is 11.8 Å². The lowest BCUT2D eigenvalue weighted by Gasteiger charge is -2.11. The second-order valence-electron chi connectivity index (χ2n) is 4.30. The molecule has 2 rings (SSSR count). The van der Waals surface area contributed by atoms with Gasteiger partial charge in [-0.05, 0) is 30.0 Å². The van der Waals surface area contributed by atoms with E-state index in [1.165, 1.54) is 0 Å². The van der Waals surface area contributed by atoms with Gasteiger partial charge in [0.1, 0.15) is 5.75 Å². The van der Waals surface area contributed by atoms with Gasteiger partial charge in [0.25, 0.3) is 5.91 Å². The molecule has 0 saturated carbocycles. The van der Waals surface area contributed by atoms with Gasteiger partial charge in [0, 0.05) is 4.90 Å². The minimum Gasteiger partial charge on any atom is -0.482 e. The van der Waals surface area contributed by atoms with Crippen molar-refractivity contribution >= 4 is 29.0 Å². The van der Waals surface area contributed by atoms with Crippen LogP contribution in [0.25, 0.3) is 0 Å². The summed E-state index contributed by atoms with van der Waals surface area (Å²) in [7, 11) is 0. The quantitative estimate of drug-likeness (QED) is 0.634. The Balaban J connectivity index is 1.95. The van der Waals surface area contributed by atoms with Crippen molar-refractivity contribution < 1.29 is 9.53 Å². The summed E-state index contributed by atoms with van der Waals surface area (Å²) in [5.41, 5.74) is 7.09. The van der Waals surface area contributed by atoms with Gasteiger partial charge < -0.3 is 15.8 Å². The summed E-state index contributed by atoms with van der Waals surface area (Å²) in [5.74, 6) is 1.26. The molecule has 21 heavy (non-hydrogen) atoms. The summed E-state index contributed by atoms with van der Waals surface area (Å²) < 4.78 is 5.43. The molecule has 110 valence electrons. The van der Waals surface area contributed by atoms with E-state index in [2.05, 4.69) is 12.2 Å². The molecule has 0 radical (unpaired) electrons. The molecule has 3 N–H and O–H groups in total. The molecule has 0 unspecified atom stereocenters. The van der Waals surface area contributed by atoms with E-state index < -0.39 is 0 Å². The number of carbonyl (C=O) groups is 1. The van der Waals surface area contributed by atoms with E-state index in [1.807, 2.05) is 36.4 Å². The number of para-hydroxylation sites is 3. The Bertz CT molecular complexity index is 617. The lowest BCUT2D eigenvalue weighted by atomic mass is 10.3. The molecular weight excluding hydrogens is 284 g/mol. The molecule has 1 amide bonds. The van der Waals surface area contributed by atoms with Crippen molar-refractivity contribution in [1.82, 2.24) is 0 Å². The first kappa shape index (κ1) is 15.3. The Kier molecular flexibility index (Phi) is 5.51. The fourth-order valence-corrected chi connectivity index (χ4v) is 2.55. The van der Waals surface area contributed by atoms with Gasteiger partial charge >= 0.3 is 0 Å². The molecule has 0 heterocycles. The topological polar surface area (TPSA) is 64.3 Å². The van der Waals surface area contributed by atoms with Crippen LogP contribution in [0, 0.1) is 0 Å². The summed E-state index contributed by atoms with van der Waals surface area (Å²) in [4.78, 5) is 13.0. The van der Waals surface area contributed by atoms with Gasteiger partial charge in [0.2, 0.25) is 0 Å². The monoisotopic (exact) mass is 302 g/mol. The summed E-state index contributed by atoms with van der Waals surface area (Å²) in [6, 6.07) is 14.8. The van der Waals surface area contributed by atoms with Crippen molar-refractivity contribution in [1.29, 1.82) is 0 Å². The Morgan fingerprint density at radius 2 is 1.90 bits per heavy atom. The summed E-state index contributed by atoms with van der Waals surface area (Å²) >= 11 is 1.69.